The maximum Gasteiger partial charge on any atom is 0.119 e. The van der Waals surface area contributed by atoms with Gasteiger partial charge in [-0.25, -0.2) is 0 Å². The first-order chi connectivity index (χ1) is 11.1. The fraction of sp³-hybridized carbons (Fsp3) is 0.118. The van der Waals surface area contributed by atoms with Crippen molar-refractivity contribution in [3.8, 4) is 5.75 Å². The van der Waals surface area contributed by atoms with Crippen LogP contribution < -0.4 is 9.46 Å². The molecule has 0 spiro atoms. The summed E-state index contributed by atoms with van der Waals surface area (Å²) >= 11 is -2.32. The van der Waals surface area contributed by atoms with Crippen LogP contribution in [0.4, 0.5) is 5.69 Å². The highest BCUT2D eigenvalue weighted by Gasteiger charge is 2.05. The van der Waals surface area contributed by atoms with E-state index in [1.54, 1.807) is 24.3 Å². The topological polar surface area (TPSA) is 74.3 Å². The van der Waals surface area contributed by atoms with Crippen molar-refractivity contribution in [1.82, 2.24) is 4.98 Å². The largest absolute Gasteiger partial charge is 0.755 e. The van der Waals surface area contributed by atoms with E-state index in [1.807, 2.05) is 37.3 Å². The summed E-state index contributed by atoms with van der Waals surface area (Å²) in [5, 5.41) is 1.07. The first kappa shape index (κ1) is 15.5. The first-order valence-electron chi connectivity index (χ1n) is 7.06. The van der Waals surface area contributed by atoms with Gasteiger partial charge in [-0.1, -0.05) is 18.2 Å². The number of rotatable bonds is 5. The number of para-hydroxylation sites is 1. The summed E-state index contributed by atoms with van der Waals surface area (Å²) in [6, 6.07) is 16.7. The Hall–Kier alpha value is -2.44. The quantitative estimate of drug-likeness (QED) is 0.729. The van der Waals surface area contributed by atoms with Gasteiger partial charge >= 0.3 is 0 Å². The number of pyridine rings is 1. The summed E-state index contributed by atoms with van der Waals surface area (Å²) in [7, 11) is 0. The Morgan fingerprint density at radius 3 is 2.65 bits per heavy atom. The van der Waals surface area contributed by atoms with Crippen molar-refractivity contribution in [1.29, 1.82) is 0 Å². The fourth-order valence-corrected chi connectivity index (χ4v) is 2.72. The minimum Gasteiger partial charge on any atom is -0.755 e. The van der Waals surface area contributed by atoms with Crippen LogP contribution in [0.3, 0.4) is 0 Å². The fourth-order valence-electron chi connectivity index (χ4n) is 2.39. The zero-order chi connectivity index (χ0) is 16.2. The van der Waals surface area contributed by atoms with Crippen molar-refractivity contribution in [3.63, 3.8) is 0 Å². The Kier molecular flexibility index (Phi) is 4.55. The highest BCUT2D eigenvalue weighted by atomic mass is 32.2. The lowest BCUT2D eigenvalue weighted by atomic mass is 10.1. The van der Waals surface area contributed by atoms with Gasteiger partial charge in [-0.05, 0) is 43.3 Å². The Bertz CT molecular complexity index is 850. The molecule has 0 aliphatic heterocycles. The van der Waals surface area contributed by atoms with E-state index in [-0.39, 0.29) is 0 Å². The number of hydrogen-bond acceptors (Lipinski definition) is 4. The Balaban J connectivity index is 1.77. The lowest BCUT2D eigenvalue weighted by Crippen LogP contribution is -2.02. The molecule has 1 N–H and O–H groups in total. The second-order valence-electron chi connectivity index (χ2n) is 5.09. The molecular weight excluding hydrogens is 312 g/mol. The molecule has 0 saturated heterocycles. The highest BCUT2D eigenvalue weighted by Crippen LogP contribution is 2.21. The van der Waals surface area contributed by atoms with Crippen LogP contribution in [0.25, 0.3) is 10.9 Å². The van der Waals surface area contributed by atoms with Crippen molar-refractivity contribution >= 4 is 27.9 Å². The van der Waals surface area contributed by atoms with E-state index in [2.05, 4.69) is 9.71 Å². The molecule has 23 heavy (non-hydrogen) atoms. The molecule has 118 valence electrons. The minimum absolute atomic E-state index is 0.421. The van der Waals surface area contributed by atoms with E-state index in [1.165, 1.54) is 0 Å². The molecule has 0 aliphatic rings. The van der Waals surface area contributed by atoms with Crippen molar-refractivity contribution in [3.05, 3.63) is 65.9 Å². The standard InChI is InChI=1S/C17H16N2O3S/c1-12-10-13(16-4-2-3-5-17(16)18-12)11-22-15-8-6-14(7-9-15)19-23(20)21/h2-10,19H,11H2,1H3,(H,20,21)/p-1. The van der Waals surface area contributed by atoms with Crippen molar-refractivity contribution in [2.45, 2.75) is 13.5 Å². The van der Waals surface area contributed by atoms with Crippen LogP contribution in [0.5, 0.6) is 5.75 Å². The van der Waals surface area contributed by atoms with Gasteiger partial charge in [0, 0.05) is 33.6 Å². The van der Waals surface area contributed by atoms with Gasteiger partial charge in [0.25, 0.3) is 0 Å². The molecule has 3 aromatic rings. The molecule has 0 aliphatic carbocycles. The SMILES string of the molecule is Cc1cc(COc2ccc(NS(=O)[O-])cc2)c2ccccc2n1. The van der Waals surface area contributed by atoms with Crippen LogP contribution in [0, 0.1) is 6.92 Å². The zero-order valence-electron chi connectivity index (χ0n) is 12.5. The van der Waals surface area contributed by atoms with Crippen LogP contribution in [-0.2, 0) is 17.9 Å². The summed E-state index contributed by atoms with van der Waals surface area (Å²) in [5.41, 5.74) is 3.45. The average Bonchev–Trinajstić information content (AvgIpc) is 2.53. The van der Waals surface area contributed by atoms with Gasteiger partial charge in [0.05, 0.1) is 5.52 Å². The van der Waals surface area contributed by atoms with Gasteiger partial charge in [0.2, 0.25) is 0 Å². The molecule has 0 bridgehead atoms. The molecule has 0 radical (unpaired) electrons. The van der Waals surface area contributed by atoms with Gasteiger partial charge in [-0.15, -0.1) is 0 Å². The lowest BCUT2D eigenvalue weighted by Gasteiger charge is -2.11. The predicted molar refractivity (Wildman–Crippen MR) is 89.8 cm³/mol. The predicted octanol–water partition coefficient (Wildman–Crippen LogP) is 3.33. The van der Waals surface area contributed by atoms with E-state index >= 15 is 0 Å². The molecule has 0 amide bonds. The number of fused-ring (bicyclic) bond motifs is 1. The van der Waals surface area contributed by atoms with E-state index in [4.69, 9.17) is 4.74 Å². The van der Waals surface area contributed by atoms with Gasteiger partial charge in [0.15, 0.2) is 0 Å². The van der Waals surface area contributed by atoms with Crippen LogP contribution in [0.15, 0.2) is 54.6 Å². The van der Waals surface area contributed by atoms with Crippen LogP contribution >= 0.6 is 0 Å². The number of aryl methyl sites for hydroxylation is 1. The molecule has 1 atom stereocenters. The number of nitrogens with zero attached hydrogens (tertiary/aromatic N) is 1. The van der Waals surface area contributed by atoms with Crippen molar-refractivity contribution < 1.29 is 13.5 Å². The third-order valence-corrected chi connectivity index (χ3v) is 3.78. The number of ether oxygens (including phenoxy) is 1. The van der Waals surface area contributed by atoms with Gasteiger partial charge in [0.1, 0.15) is 12.4 Å². The van der Waals surface area contributed by atoms with E-state index in [0.29, 0.717) is 18.0 Å². The van der Waals surface area contributed by atoms with Crippen LogP contribution in [0.1, 0.15) is 11.3 Å². The third-order valence-electron chi connectivity index (χ3n) is 3.38. The minimum atomic E-state index is -2.32. The summed E-state index contributed by atoms with van der Waals surface area (Å²) in [6.45, 7) is 2.38. The molecule has 5 nitrogen and oxygen atoms in total. The number of aromatic nitrogens is 1. The summed E-state index contributed by atoms with van der Waals surface area (Å²) < 4.78 is 29.2. The maximum atomic E-state index is 10.6. The normalized spacial score (nSPS) is 12.1. The maximum absolute atomic E-state index is 10.6. The van der Waals surface area contributed by atoms with Crippen molar-refractivity contribution in [2.24, 2.45) is 0 Å². The molecule has 2 aromatic carbocycles. The Morgan fingerprint density at radius 2 is 1.91 bits per heavy atom. The Labute approximate surface area is 136 Å². The lowest BCUT2D eigenvalue weighted by molar-refractivity contribution is 0.307. The van der Waals surface area contributed by atoms with Crippen molar-refractivity contribution in [2.75, 3.05) is 4.72 Å². The van der Waals surface area contributed by atoms with Crippen LogP contribution in [-0.4, -0.2) is 13.7 Å². The van der Waals surface area contributed by atoms with E-state index in [0.717, 1.165) is 22.2 Å². The molecule has 1 heterocycles. The number of hydrogen-bond donors (Lipinski definition) is 1. The third kappa shape index (κ3) is 3.85. The van der Waals surface area contributed by atoms with E-state index in [9.17, 15) is 8.76 Å². The second-order valence-corrected chi connectivity index (χ2v) is 5.76. The summed E-state index contributed by atoms with van der Waals surface area (Å²) in [6.07, 6.45) is 0. The van der Waals surface area contributed by atoms with Gasteiger partial charge < -0.3 is 14.0 Å². The van der Waals surface area contributed by atoms with Gasteiger partial charge in [-0.3, -0.25) is 9.19 Å². The number of anilines is 1. The molecular formula is C17H15N2O3S-. The number of benzene rings is 2. The second kappa shape index (κ2) is 6.76. The summed E-state index contributed by atoms with van der Waals surface area (Å²) in [4.78, 5) is 4.51. The zero-order valence-corrected chi connectivity index (χ0v) is 13.3. The molecule has 3 rings (SSSR count). The summed E-state index contributed by atoms with van der Waals surface area (Å²) in [5.74, 6) is 0.672. The van der Waals surface area contributed by atoms with Crippen LogP contribution in [0.2, 0.25) is 0 Å². The van der Waals surface area contributed by atoms with Gasteiger partial charge in [-0.2, -0.15) is 0 Å². The Morgan fingerprint density at radius 1 is 1.17 bits per heavy atom. The first-order valence-corrected chi connectivity index (χ1v) is 8.13. The molecule has 6 heteroatoms. The highest BCUT2D eigenvalue weighted by molar-refractivity contribution is 7.80. The molecule has 0 fully saturated rings. The molecule has 1 unspecified atom stereocenters. The smallest absolute Gasteiger partial charge is 0.119 e. The monoisotopic (exact) mass is 327 g/mol. The number of nitrogens with one attached hydrogen (secondary N) is 1. The average molecular weight is 327 g/mol. The molecule has 1 aromatic heterocycles. The molecule has 0 saturated carbocycles. The van der Waals surface area contributed by atoms with E-state index < -0.39 is 11.3 Å².